The summed E-state index contributed by atoms with van der Waals surface area (Å²) in [6.07, 6.45) is 0. The summed E-state index contributed by atoms with van der Waals surface area (Å²) in [6.45, 7) is 0. The number of halogens is 3. The van der Waals surface area contributed by atoms with Crippen LogP contribution in [-0.4, -0.2) is 14.2 Å². The molecule has 2 aromatic carbocycles. The molecule has 0 saturated carbocycles. The van der Waals surface area contributed by atoms with E-state index in [1.807, 2.05) is 12.1 Å². The van der Waals surface area contributed by atoms with Crippen molar-refractivity contribution in [2.75, 3.05) is 14.2 Å². The number of ether oxygens (including phenoxy) is 2. The third kappa shape index (κ3) is 3.32. The van der Waals surface area contributed by atoms with Crippen LogP contribution >= 0.6 is 38.5 Å². The van der Waals surface area contributed by atoms with Crippen LogP contribution in [-0.2, 0) is 0 Å². The van der Waals surface area contributed by atoms with E-state index in [2.05, 4.69) is 38.5 Å². The largest absolute Gasteiger partial charge is 0.495 e. The fourth-order valence-corrected chi connectivity index (χ4v) is 3.58. The molecule has 0 radical (unpaired) electrons. The predicted octanol–water partition coefficient (Wildman–Crippen LogP) is 4.26. The van der Waals surface area contributed by atoms with E-state index in [9.17, 15) is 4.39 Å². The molecule has 0 amide bonds. The smallest absolute Gasteiger partial charge is 0.141 e. The third-order valence-electron chi connectivity index (χ3n) is 3.15. The first-order valence-electron chi connectivity index (χ1n) is 6.10. The Bertz CT molecular complexity index is 666. The van der Waals surface area contributed by atoms with Crippen LogP contribution in [0.4, 0.5) is 4.39 Å². The van der Waals surface area contributed by atoms with Gasteiger partial charge in [0.15, 0.2) is 0 Å². The van der Waals surface area contributed by atoms with Crippen molar-refractivity contribution in [1.82, 2.24) is 0 Å². The average molecular weight is 466 g/mol. The van der Waals surface area contributed by atoms with E-state index in [1.165, 1.54) is 12.1 Å². The van der Waals surface area contributed by atoms with Crippen molar-refractivity contribution in [3.63, 3.8) is 0 Å². The maximum absolute atomic E-state index is 13.2. The maximum Gasteiger partial charge on any atom is 0.141 e. The number of rotatable bonds is 4. The van der Waals surface area contributed by atoms with Gasteiger partial charge in [0.25, 0.3) is 0 Å². The normalized spacial score (nSPS) is 12.1. The van der Waals surface area contributed by atoms with Crippen LogP contribution in [0.5, 0.6) is 11.5 Å². The number of methoxy groups -OCH3 is 2. The van der Waals surface area contributed by atoms with Crippen molar-refractivity contribution in [3.8, 4) is 11.5 Å². The van der Waals surface area contributed by atoms with Crippen LogP contribution in [0.1, 0.15) is 17.2 Å². The lowest BCUT2D eigenvalue weighted by atomic mass is 9.98. The molecule has 0 aliphatic rings. The van der Waals surface area contributed by atoms with E-state index in [0.29, 0.717) is 16.0 Å². The summed E-state index contributed by atoms with van der Waals surface area (Å²) < 4.78 is 25.4. The quantitative estimate of drug-likeness (QED) is 0.686. The van der Waals surface area contributed by atoms with Gasteiger partial charge in [-0.05, 0) is 68.3 Å². The van der Waals surface area contributed by atoms with Crippen LogP contribution in [0.3, 0.4) is 0 Å². The molecule has 0 aromatic heterocycles. The molecule has 0 fully saturated rings. The molecule has 6 heteroatoms. The minimum absolute atomic E-state index is 0.279. The standard InChI is InChI=1S/C15H14BrFINO2/c1-20-12-6-5-10(15(21-2)13(12)16)14(19)9-4-3-8(17)7-11(9)18/h3-7,14H,19H2,1-2H3. The highest BCUT2D eigenvalue weighted by Crippen LogP contribution is 2.41. The van der Waals surface area contributed by atoms with E-state index in [4.69, 9.17) is 15.2 Å². The SMILES string of the molecule is COc1ccc(C(N)c2ccc(F)cc2I)c(OC)c1Br. The van der Waals surface area contributed by atoms with Crippen LogP contribution in [0.2, 0.25) is 0 Å². The van der Waals surface area contributed by atoms with Crippen molar-refractivity contribution in [3.05, 3.63) is 55.3 Å². The lowest BCUT2D eigenvalue weighted by Gasteiger charge is -2.19. The summed E-state index contributed by atoms with van der Waals surface area (Å²) in [6, 6.07) is 7.81. The summed E-state index contributed by atoms with van der Waals surface area (Å²) in [4.78, 5) is 0. The molecule has 1 atom stereocenters. The Morgan fingerprint density at radius 3 is 2.38 bits per heavy atom. The lowest BCUT2D eigenvalue weighted by Crippen LogP contribution is -2.15. The predicted molar refractivity (Wildman–Crippen MR) is 92.4 cm³/mol. The Kier molecular flexibility index (Phi) is 5.45. The van der Waals surface area contributed by atoms with Crippen LogP contribution in [0, 0.1) is 9.39 Å². The van der Waals surface area contributed by atoms with Crippen LogP contribution in [0.15, 0.2) is 34.8 Å². The molecule has 2 rings (SSSR count). The Morgan fingerprint density at radius 1 is 1.14 bits per heavy atom. The Labute approximate surface area is 144 Å². The van der Waals surface area contributed by atoms with Gasteiger partial charge in [-0.2, -0.15) is 0 Å². The Balaban J connectivity index is 2.52. The molecule has 21 heavy (non-hydrogen) atoms. The highest BCUT2D eigenvalue weighted by Gasteiger charge is 2.20. The molecule has 112 valence electrons. The molecule has 0 spiro atoms. The first-order chi connectivity index (χ1) is 9.99. The van der Waals surface area contributed by atoms with E-state index in [0.717, 1.165) is 14.7 Å². The fourth-order valence-electron chi connectivity index (χ4n) is 2.08. The summed E-state index contributed by atoms with van der Waals surface area (Å²) >= 11 is 5.53. The van der Waals surface area contributed by atoms with Crippen molar-refractivity contribution in [2.24, 2.45) is 5.73 Å². The van der Waals surface area contributed by atoms with E-state index < -0.39 is 6.04 Å². The fraction of sp³-hybridized carbons (Fsp3) is 0.200. The van der Waals surface area contributed by atoms with E-state index >= 15 is 0 Å². The molecule has 0 aliphatic heterocycles. The van der Waals surface area contributed by atoms with Gasteiger partial charge in [0.05, 0.1) is 20.3 Å². The number of nitrogens with two attached hydrogens (primary N) is 1. The second-order valence-electron chi connectivity index (χ2n) is 4.35. The topological polar surface area (TPSA) is 44.5 Å². The number of hydrogen-bond acceptors (Lipinski definition) is 3. The van der Waals surface area contributed by atoms with Gasteiger partial charge in [0.2, 0.25) is 0 Å². The molecular formula is C15H14BrFINO2. The van der Waals surface area contributed by atoms with Gasteiger partial charge < -0.3 is 15.2 Å². The maximum atomic E-state index is 13.2. The highest BCUT2D eigenvalue weighted by atomic mass is 127. The third-order valence-corrected chi connectivity index (χ3v) is 4.83. The molecule has 1 unspecified atom stereocenters. The van der Waals surface area contributed by atoms with Crippen molar-refractivity contribution in [2.45, 2.75) is 6.04 Å². The summed E-state index contributed by atoms with van der Waals surface area (Å²) in [5, 5.41) is 0. The lowest BCUT2D eigenvalue weighted by molar-refractivity contribution is 0.385. The minimum atomic E-state index is -0.422. The zero-order chi connectivity index (χ0) is 15.6. The first kappa shape index (κ1) is 16.5. The van der Waals surface area contributed by atoms with E-state index in [1.54, 1.807) is 20.3 Å². The van der Waals surface area contributed by atoms with Crippen molar-refractivity contribution in [1.29, 1.82) is 0 Å². The summed E-state index contributed by atoms with van der Waals surface area (Å²) in [5.74, 6) is 0.997. The number of hydrogen-bond donors (Lipinski definition) is 1. The monoisotopic (exact) mass is 465 g/mol. The first-order valence-corrected chi connectivity index (χ1v) is 7.97. The average Bonchev–Trinajstić information content (AvgIpc) is 2.46. The van der Waals surface area contributed by atoms with Gasteiger partial charge in [-0.25, -0.2) is 4.39 Å². The van der Waals surface area contributed by atoms with E-state index in [-0.39, 0.29) is 5.82 Å². The Hall–Kier alpha value is -0.860. The summed E-state index contributed by atoms with van der Waals surface area (Å²) in [5.41, 5.74) is 7.98. The second kappa shape index (κ2) is 6.93. The van der Waals surface area contributed by atoms with Gasteiger partial charge in [-0.1, -0.05) is 6.07 Å². The Morgan fingerprint density at radius 2 is 1.81 bits per heavy atom. The van der Waals surface area contributed by atoms with Crippen molar-refractivity contribution < 1.29 is 13.9 Å². The molecule has 3 nitrogen and oxygen atoms in total. The van der Waals surface area contributed by atoms with Gasteiger partial charge >= 0.3 is 0 Å². The molecule has 2 N–H and O–H groups in total. The van der Waals surface area contributed by atoms with Gasteiger partial charge in [0.1, 0.15) is 21.8 Å². The van der Waals surface area contributed by atoms with Gasteiger partial charge in [0, 0.05) is 9.13 Å². The molecule has 0 bridgehead atoms. The zero-order valence-corrected chi connectivity index (χ0v) is 15.2. The molecular weight excluding hydrogens is 452 g/mol. The molecule has 0 aliphatic carbocycles. The van der Waals surface area contributed by atoms with Crippen LogP contribution in [0.25, 0.3) is 0 Å². The van der Waals surface area contributed by atoms with Crippen molar-refractivity contribution >= 4 is 38.5 Å². The summed E-state index contributed by atoms with van der Waals surface area (Å²) in [7, 11) is 3.16. The zero-order valence-electron chi connectivity index (χ0n) is 11.5. The second-order valence-corrected chi connectivity index (χ2v) is 6.30. The molecule has 2 aromatic rings. The number of benzene rings is 2. The van der Waals surface area contributed by atoms with Crippen LogP contribution < -0.4 is 15.2 Å². The minimum Gasteiger partial charge on any atom is -0.495 e. The molecule has 0 heterocycles. The highest BCUT2D eigenvalue weighted by molar-refractivity contribution is 14.1. The van der Waals surface area contributed by atoms with Gasteiger partial charge in [-0.3, -0.25) is 0 Å². The molecule has 0 saturated heterocycles. The van der Waals surface area contributed by atoms with Gasteiger partial charge in [-0.15, -0.1) is 0 Å².